The van der Waals surface area contributed by atoms with Crippen LogP contribution in [-0.4, -0.2) is 22.4 Å². The molecule has 0 bridgehead atoms. The van der Waals surface area contributed by atoms with E-state index in [9.17, 15) is 4.79 Å². The highest BCUT2D eigenvalue weighted by Crippen LogP contribution is 2.09. The number of anilines is 1. The van der Waals surface area contributed by atoms with Crippen LogP contribution in [0.2, 0.25) is 0 Å². The summed E-state index contributed by atoms with van der Waals surface area (Å²) in [6.45, 7) is 5.55. The maximum atomic E-state index is 12.0. The quantitative estimate of drug-likeness (QED) is 0.734. The molecule has 0 spiro atoms. The van der Waals surface area contributed by atoms with Crippen LogP contribution in [0.5, 0.6) is 0 Å². The lowest BCUT2D eigenvalue weighted by Gasteiger charge is -2.08. The first-order valence-corrected chi connectivity index (χ1v) is 8.08. The first-order valence-electron chi connectivity index (χ1n) is 8.08. The first kappa shape index (κ1) is 16.9. The Morgan fingerprint density at radius 2 is 2.04 bits per heavy atom. The van der Waals surface area contributed by atoms with E-state index in [1.165, 1.54) is 17.5 Å². The molecule has 0 saturated heterocycles. The number of carbonyl (C=O) groups is 1. The van der Waals surface area contributed by atoms with Crippen LogP contribution < -0.4 is 10.6 Å². The average molecular weight is 312 g/mol. The van der Waals surface area contributed by atoms with Gasteiger partial charge in [0.1, 0.15) is 17.8 Å². The lowest BCUT2D eigenvalue weighted by atomic mass is 10.1. The van der Waals surface area contributed by atoms with E-state index >= 15 is 0 Å². The zero-order valence-corrected chi connectivity index (χ0v) is 13.8. The number of amides is 1. The van der Waals surface area contributed by atoms with E-state index in [0.29, 0.717) is 24.6 Å². The zero-order chi connectivity index (χ0) is 16.5. The van der Waals surface area contributed by atoms with Crippen molar-refractivity contribution in [3.8, 4) is 0 Å². The highest BCUT2D eigenvalue weighted by atomic mass is 16.1. The molecule has 1 heterocycles. The first-order chi connectivity index (χ1) is 11.2. The zero-order valence-electron chi connectivity index (χ0n) is 13.8. The van der Waals surface area contributed by atoms with Crippen molar-refractivity contribution < 1.29 is 4.79 Å². The number of nitrogens with one attached hydrogen (secondary N) is 2. The Morgan fingerprint density at radius 1 is 1.17 bits per heavy atom. The molecule has 1 amide bonds. The molecular formula is C18H24N4O. The predicted molar refractivity (Wildman–Crippen MR) is 92.4 cm³/mol. The smallest absolute Gasteiger partial charge is 0.270 e. The van der Waals surface area contributed by atoms with Gasteiger partial charge in [-0.05, 0) is 18.9 Å². The van der Waals surface area contributed by atoms with Crippen LogP contribution >= 0.6 is 0 Å². The van der Waals surface area contributed by atoms with Gasteiger partial charge in [-0.2, -0.15) is 0 Å². The van der Waals surface area contributed by atoms with Gasteiger partial charge in [0, 0.05) is 19.2 Å². The fourth-order valence-corrected chi connectivity index (χ4v) is 2.26. The molecule has 0 aliphatic carbocycles. The molecule has 0 saturated carbocycles. The minimum absolute atomic E-state index is 0.151. The van der Waals surface area contributed by atoms with Crippen LogP contribution in [0.15, 0.2) is 36.7 Å². The molecule has 0 aliphatic rings. The molecule has 5 heteroatoms. The van der Waals surface area contributed by atoms with Gasteiger partial charge in [0.2, 0.25) is 0 Å². The molecule has 2 N–H and O–H groups in total. The van der Waals surface area contributed by atoms with Crippen molar-refractivity contribution in [1.29, 1.82) is 0 Å². The summed E-state index contributed by atoms with van der Waals surface area (Å²) >= 11 is 0. The number of benzene rings is 1. The van der Waals surface area contributed by atoms with Crippen molar-refractivity contribution in [2.75, 3.05) is 11.9 Å². The second-order valence-corrected chi connectivity index (χ2v) is 5.59. The Labute approximate surface area is 137 Å². The molecule has 0 aliphatic heterocycles. The summed E-state index contributed by atoms with van der Waals surface area (Å²) in [7, 11) is 0. The van der Waals surface area contributed by atoms with E-state index in [-0.39, 0.29) is 5.91 Å². The minimum Gasteiger partial charge on any atom is -0.366 e. The summed E-state index contributed by atoms with van der Waals surface area (Å²) in [4.78, 5) is 20.3. The monoisotopic (exact) mass is 312 g/mol. The van der Waals surface area contributed by atoms with E-state index in [2.05, 4.69) is 52.6 Å². The van der Waals surface area contributed by atoms with Crippen molar-refractivity contribution >= 4 is 11.7 Å². The van der Waals surface area contributed by atoms with E-state index in [4.69, 9.17) is 0 Å². The summed E-state index contributed by atoms with van der Waals surface area (Å²) in [5, 5.41) is 6.11. The lowest BCUT2D eigenvalue weighted by molar-refractivity contribution is 0.0948. The molecule has 2 aromatic rings. The highest BCUT2D eigenvalue weighted by molar-refractivity contribution is 5.92. The van der Waals surface area contributed by atoms with Gasteiger partial charge in [0.25, 0.3) is 5.91 Å². The Kier molecular flexibility index (Phi) is 6.54. The average Bonchev–Trinajstić information content (AvgIpc) is 2.57. The summed E-state index contributed by atoms with van der Waals surface area (Å²) < 4.78 is 0. The molecule has 122 valence electrons. The summed E-state index contributed by atoms with van der Waals surface area (Å²) in [5.74, 6) is 0.502. The van der Waals surface area contributed by atoms with Crippen molar-refractivity contribution in [3.63, 3.8) is 0 Å². The van der Waals surface area contributed by atoms with Gasteiger partial charge >= 0.3 is 0 Å². The minimum atomic E-state index is -0.151. The van der Waals surface area contributed by atoms with Crippen molar-refractivity contribution in [1.82, 2.24) is 15.3 Å². The molecule has 2 rings (SSSR count). The largest absolute Gasteiger partial charge is 0.366 e. The molecule has 0 radical (unpaired) electrons. The summed E-state index contributed by atoms with van der Waals surface area (Å²) in [5.41, 5.74) is 2.79. The van der Waals surface area contributed by atoms with Crippen LogP contribution in [0.3, 0.4) is 0 Å². The molecule has 0 unspecified atom stereocenters. The van der Waals surface area contributed by atoms with Gasteiger partial charge in [-0.1, -0.05) is 49.6 Å². The Hall–Kier alpha value is -2.43. The van der Waals surface area contributed by atoms with Crippen LogP contribution in [0.25, 0.3) is 0 Å². The number of aromatic nitrogens is 2. The second-order valence-electron chi connectivity index (χ2n) is 5.59. The van der Waals surface area contributed by atoms with Gasteiger partial charge in [-0.3, -0.25) is 4.79 Å². The van der Waals surface area contributed by atoms with E-state index in [1.807, 2.05) is 6.07 Å². The van der Waals surface area contributed by atoms with Gasteiger partial charge in [-0.15, -0.1) is 0 Å². The van der Waals surface area contributed by atoms with Gasteiger partial charge in [0.15, 0.2) is 0 Å². The Morgan fingerprint density at radius 3 is 2.83 bits per heavy atom. The maximum Gasteiger partial charge on any atom is 0.270 e. The molecule has 0 atom stereocenters. The van der Waals surface area contributed by atoms with E-state index < -0.39 is 0 Å². The fourth-order valence-electron chi connectivity index (χ4n) is 2.26. The standard InChI is InChI=1S/C18H24N4O/c1-3-4-5-9-19-18(23)16-11-17(22-13-21-16)20-12-15-8-6-7-14(2)10-15/h6-8,10-11,13H,3-5,9,12H2,1-2H3,(H,19,23)(H,20,21,22). The third kappa shape index (κ3) is 5.70. The normalized spacial score (nSPS) is 10.3. The number of hydrogen-bond donors (Lipinski definition) is 2. The molecule has 1 aromatic carbocycles. The Bertz CT molecular complexity index is 642. The molecule has 23 heavy (non-hydrogen) atoms. The predicted octanol–water partition coefficient (Wildman–Crippen LogP) is 3.32. The SMILES string of the molecule is CCCCCNC(=O)c1cc(NCc2cccc(C)c2)ncn1. The van der Waals surface area contributed by atoms with Crippen molar-refractivity contribution in [2.24, 2.45) is 0 Å². The van der Waals surface area contributed by atoms with Gasteiger partial charge in [0.05, 0.1) is 0 Å². The van der Waals surface area contributed by atoms with Gasteiger partial charge in [-0.25, -0.2) is 9.97 Å². The highest BCUT2D eigenvalue weighted by Gasteiger charge is 2.08. The van der Waals surface area contributed by atoms with Crippen LogP contribution in [0, 0.1) is 6.92 Å². The van der Waals surface area contributed by atoms with E-state index in [0.717, 1.165) is 19.3 Å². The fraction of sp³-hybridized carbons (Fsp3) is 0.389. The van der Waals surface area contributed by atoms with Gasteiger partial charge < -0.3 is 10.6 Å². The Balaban J connectivity index is 1.90. The molecule has 5 nitrogen and oxygen atoms in total. The maximum absolute atomic E-state index is 12.0. The van der Waals surface area contributed by atoms with E-state index in [1.54, 1.807) is 6.07 Å². The number of hydrogen-bond acceptors (Lipinski definition) is 4. The van der Waals surface area contributed by atoms with Crippen molar-refractivity contribution in [2.45, 2.75) is 39.7 Å². The third-order valence-electron chi connectivity index (χ3n) is 3.52. The lowest BCUT2D eigenvalue weighted by Crippen LogP contribution is -2.25. The van der Waals surface area contributed by atoms with Crippen LogP contribution in [0.4, 0.5) is 5.82 Å². The number of unbranched alkanes of at least 4 members (excludes halogenated alkanes) is 2. The summed E-state index contributed by atoms with van der Waals surface area (Å²) in [6, 6.07) is 9.96. The number of nitrogens with zero attached hydrogens (tertiary/aromatic N) is 2. The topological polar surface area (TPSA) is 66.9 Å². The van der Waals surface area contributed by atoms with Crippen LogP contribution in [0.1, 0.15) is 47.8 Å². The van der Waals surface area contributed by atoms with Crippen molar-refractivity contribution in [3.05, 3.63) is 53.5 Å². The number of rotatable bonds is 8. The summed E-state index contributed by atoms with van der Waals surface area (Å²) in [6.07, 6.45) is 4.66. The third-order valence-corrected chi connectivity index (χ3v) is 3.52. The van der Waals surface area contributed by atoms with Crippen LogP contribution in [-0.2, 0) is 6.54 Å². The second kappa shape index (κ2) is 8.88. The molecular weight excluding hydrogens is 288 g/mol. The number of carbonyl (C=O) groups excluding carboxylic acids is 1. The number of aryl methyl sites for hydroxylation is 1. The molecule has 0 fully saturated rings. The molecule has 1 aromatic heterocycles.